The third-order valence-electron chi connectivity index (χ3n) is 4.93. The Balaban J connectivity index is 1.74. The second-order valence-electron chi connectivity index (χ2n) is 8.11. The van der Waals surface area contributed by atoms with Crippen molar-refractivity contribution in [3.05, 3.63) is 42.0 Å². The van der Waals surface area contributed by atoms with Crippen molar-refractivity contribution in [2.24, 2.45) is 23.7 Å². The van der Waals surface area contributed by atoms with Crippen LogP contribution in [0.3, 0.4) is 0 Å². The van der Waals surface area contributed by atoms with Crippen molar-refractivity contribution in [2.45, 2.75) is 32.7 Å². The number of aliphatic carboxylic acids is 1. The number of amides is 2. The minimum Gasteiger partial charge on any atom is -0.481 e. The number of hydrogen-bond acceptors (Lipinski definition) is 3. The van der Waals surface area contributed by atoms with Crippen molar-refractivity contribution >= 4 is 23.5 Å². The molecule has 2 amide bonds. The molecule has 6 nitrogen and oxygen atoms in total. The van der Waals surface area contributed by atoms with Gasteiger partial charge in [-0.3, -0.25) is 14.4 Å². The monoisotopic (exact) mass is 356 g/mol. The zero-order valence-corrected chi connectivity index (χ0v) is 15.2. The lowest BCUT2D eigenvalue weighted by molar-refractivity contribution is -0.146. The first kappa shape index (κ1) is 18.2. The Morgan fingerprint density at radius 3 is 2.35 bits per heavy atom. The number of rotatable bonds is 4. The molecule has 0 saturated heterocycles. The highest BCUT2D eigenvalue weighted by Crippen LogP contribution is 2.48. The Morgan fingerprint density at radius 1 is 1.08 bits per heavy atom. The van der Waals surface area contributed by atoms with E-state index in [2.05, 4.69) is 10.6 Å². The third kappa shape index (κ3) is 3.64. The molecule has 0 unspecified atom stereocenters. The number of fused-ring (bicyclic) bond motifs is 2. The molecular weight excluding hydrogens is 332 g/mol. The highest BCUT2D eigenvalue weighted by molar-refractivity contribution is 5.99. The topological polar surface area (TPSA) is 95.5 Å². The maximum atomic E-state index is 12.7. The van der Waals surface area contributed by atoms with Gasteiger partial charge in [0.15, 0.2) is 0 Å². The van der Waals surface area contributed by atoms with E-state index in [1.165, 1.54) is 0 Å². The molecule has 4 atom stereocenters. The summed E-state index contributed by atoms with van der Waals surface area (Å²) in [6.07, 6.45) is 4.56. The third-order valence-corrected chi connectivity index (χ3v) is 4.93. The lowest BCUT2D eigenvalue weighted by atomic mass is 9.82. The lowest BCUT2D eigenvalue weighted by Crippen LogP contribution is -2.40. The fourth-order valence-electron chi connectivity index (χ4n) is 3.89. The molecule has 6 heteroatoms. The second kappa shape index (κ2) is 6.59. The molecule has 1 aromatic rings. The van der Waals surface area contributed by atoms with E-state index >= 15 is 0 Å². The molecule has 0 spiro atoms. The number of carboxylic acid groups (broad SMARTS) is 1. The fraction of sp³-hybridized carbons (Fsp3) is 0.450. The molecule has 3 rings (SSSR count). The molecule has 2 aliphatic carbocycles. The Morgan fingerprint density at radius 2 is 1.73 bits per heavy atom. The van der Waals surface area contributed by atoms with E-state index < -0.39 is 17.8 Å². The molecule has 138 valence electrons. The van der Waals surface area contributed by atoms with E-state index in [4.69, 9.17) is 0 Å². The van der Waals surface area contributed by atoms with Crippen LogP contribution in [0.4, 0.5) is 5.69 Å². The summed E-state index contributed by atoms with van der Waals surface area (Å²) in [4.78, 5) is 36.6. The van der Waals surface area contributed by atoms with Crippen LogP contribution in [0.25, 0.3) is 0 Å². The number of allylic oxidation sites excluding steroid dienone is 2. The molecule has 0 aromatic heterocycles. The molecule has 2 bridgehead atoms. The first-order valence-electron chi connectivity index (χ1n) is 8.80. The second-order valence-corrected chi connectivity index (χ2v) is 8.11. The number of carbonyl (C=O) groups excluding carboxylic acids is 2. The Hall–Kier alpha value is -2.63. The number of nitrogens with one attached hydrogen (secondary N) is 2. The minimum absolute atomic E-state index is 0.0338. The summed E-state index contributed by atoms with van der Waals surface area (Å²) in [6, 6.07) is 6.68. The number of anilines is 1. The van der Waals surface area contributed by atoms with Gasteiger partial charge in [0, 0.05) is 16.8 Å². The Bertz CT molecular complexity index is 778. The van der Waals surface area contributed by atoms with Crippen LogP contribution in [-0.2, 0) is 9.59 Å². The van der Waals surface area contributed by atoms with Crippen molar-refractivity contribution in [3.8, 4) is 0 Å². The number of carboxylic acids is 1. The SMILES string of the molecule is CC(C)(C)NC(=O)c1cccc(NC(=O)[C@H]2[C@H](C(=O)O)[C@H]3C=C[C@H]2C3)c1. The molecule has 3 N–H and O–H groups in total. The summed E-state index contributed by atoms with van der Waals surface area (Å²) >= 11 is 0. The summed E-state index contributed by atoms with van der Waals surface area (Å²) < 4.78 is 0. The first-order valence-corrected chi connectivity index (χ1v) is 8.80. The zero-order valence-electron chi connectivity index (χ0n) is 15.2. The van der Waals surface area contributed by atoms with Crippen LogP contribution in [-0.4, -0.2) is 28.4 Å². The maximum absolute atomic E-state index is 12.7. The zero-order chi connectivity index (χ0) is 19.1. The standard InChI is InChI=1S/C20H24N2O4/c1-20(2,3)22-17(23)13-5-4-6-14(10-13)21-18(24)15-11-7-8-12(9-11)16(15)19(25)26/h4-8,10-12,15-16H,9H2,1-3H3,(H,21,24)(H,22,23)(H,25,26)/t11-,12-,15+,16+/m0/s1. The highest BCUT2D eigenvalue weighted by atomic mass is 16.4. The fourth-order valence-corrected chi connectivity index (χ4v) is 3.89. The van der Waals surface area contributed by atoms with E-state index in [0.29, 0.717) is 17.7 Å². The average molecular weight is 356 g/mol. The molecule has 0 heterocycles. The van der Waals surface area contributed by atoms with Gasteiger partial charge >= 0.3 is 5.97 Å². The summed E-state index contributed by atoms with van der Waals surface area (Å²) in [6.45, 7) is 5.68. The normalized spacial score (nSPS) is 26.6. The summed E-state index contributed by atoms with van der Waals surface area (Å²) in [5.41, 5.74) is 0.577. The van der Waals surface area contributed by atoms with Crippen LogP contribution >= 0.6 is 0 Å². The van der Waals surface area contributed by atoms with Crippen LogP contribution in [0.5, 0.6) is 0 Å². The van der Waals surface area contributed by atoms with Crippen LogP contribution in [0.2, 0.25) is 0 Å². The van der Waals surface area contributed by atoms with E-state index in [0.717, 1.165) is 0 Å². The number of hydrogen-bond donors (Lipinski definition) is 3. The summed E-state index contributed by atoms with van der Waals surface area (Å²) in [5, 5.41) is 15.2. The predicted octanol–water partition coefficient (Wildman–Crippen LogP) is 2.68. The molecular formula is C20H24N2O4. The van der Waals surface area contributed by atoms with Crippen molar-refractivity contribution in [2.75, 3.05) is 5.32 Å². The molecule has 1 saturated carbocycles. The van der Waals surface area contributed by atoms with Gasteiger partial charge in [-0.1, -0.05) is 18.2 Å². The van der Waals surface area contributed by atoms with E-state index in [-0.39, 0.29) is 29.2 Å². The molecule has 2 aliphatic rings. The van der Waals surface area contributed by atoms with E-state index in [1.807, 2.05) is 32.9 Å². The summed E-state index contributed by atoms with van der Waals surface area (Å²) in [7, 11) is 0. The Labute approximate surface area is 152 Å². The van der Waals surface area contributed by atoms with Gasteiger partial charge in [-0.25, -0.2) is 0 Å². The van der Waals surface area contributed by atoms with Crippen LogP contribution in [0.15, 0.2) is 36.4 Å². The number of benzene rings is 1. The van der Waals surface area contributed by atoms with Gasteiger partial charge in [0.2, 0.25) is 5.91 Å². The lowest BCUT2D eigenvalue weighted by Gasteiger charge is -2.24. The van der Waals surface area contributed by atoms with Gasteiger partial charge < -0.3 is 15.7 Å². The molecule has 0 aliphatic heterocycles. The van der Waals surface area contributed by atoms with Gasteiger partial charge in [0.25, 0.3) is 5.91 Å². The minimum atomic E-state index is -0.930. The van der Waals surface area contributed by atoms with E-state index in [9.17, 15) is 19.5 Å². The highest BCUT2D eigenvalue weighted by Gasteiger charge is 2.51. The molecule has 1 fully saturated rings. The van der Waals surface area contributed by atoms with Gasteiger partial charge in [-0.15, -0.1) is 0 Å². The molecule has 0 radical (unpaired) electrons. The van der Waals surface area contributed by atoms with E-state index in [1.54, 1.807) is 24.3 Å². The van der Waals surface area contributed by atoms with Crippen molar-refractivity contribution in [1.29, 1.82) is 0 Å². The maximum Gasteiger partial charge on any atom is 0.307 e. The van der Waals surface area contributed by atoms with Gasteiger partial charge in [-0.05, 0) is 57.2 Å². The largest absolute Gasteiger partial charge is 0.481 e. The van der Waals surface area contributed by atoms with Crippen LogP contribution in [0.1, 0.15) is 37.6 Å². The van der Waals surface area contributed by atoms with Gasteiger partial charge in [0.1, 0.15) is 0 Å². The van der Waals surface area contributed by atoms with Crippen LogP contribution < -0.4 is 10.6 Å². The van der Waals surface area contributed by atoms with Crippen molar-refractivity contribution < 1.29 is 19.5 Å². The average Bonchev–Trinajstić information content (AvgIpc) is 3.14. The number of carbonyl (C=O) groups is 3. The van der Waals surface area contributed by atoms with Crippen molar-refractivity contribution in [3.63, 3.8) is 0 Å². The first-order chi connectivity index (χ1) is 12.2. The van der Waals surface area contributed by atoms with Crippen molar-refractivity contribution in [1.82, 2.24) is 5.32 Å². The van der Waals surface area contributed by atoms with Crippen LogP contribution in [0, 0.1) is 23.7 Å². The van der Waals surface area contributed by atoms with Gasteiger partial charge in [0.05, 0.1) is 11.8 Å². The molecule has 1 aromatic carbocycles. The quantitative estimate of drug-likeness (QED) is 0.723. The van der Waals surface area contributed by atoms with Gasteiger partial charge in [-0.2, -0.15) is 0 Å². The smallest absolute Gasteiger partial charge is 0.307 e. The Kier molecular flexibility index (Phi) is 4.61. The predicted molar refractivity (Wildman–Crippen MR) is 97.6 cm³/mol. The molecule has 26 heavy (non-hydrogen) atoms. The summed E-state index contributed by atoms with van der Waals surface area (Å²) in [5.74, 6) is -2.82.